The van der Waals surface area contributed by atoms with Gasteiger partial charge in [-0.2, -0.15) is 0 Å². The molecule has 4 aromatic rings. The Morgan fingerprint density at radius 3 is 2.31 bits per heavy atom. The topological polar surface area (TPSA) is 65.1 Å². The lowest BCUT2D eigenvalue weighted by Gasteiger charge is -2.25. The van der Waals surface area contributed by atoms with E-state index >= 15 is 0 Å². The van der Waals surface area contributed by atoms with Crippen molar-refractivity contribution in [2.24, 2.45) is 0 Å². The van der Waals surface area contributed by atoms with Crippen LogP contribution in [0, 0.1) is 0 Å². The molecular formula is C29H31NO5. The largest absolute Gasteiger partial charge is 0.496 e. The van der Waals surface area contributed by atoms with Crippen molar-refractivity contribution >= 4 is 5.91 Å². The van der Waals surface area contributed by atoms with Crippen LogP contribution in [0.25, 0.3) is 0 Å². The van der Waals surface area contributed by atoms with E-state index in [9.17, 15) is 4.79 Å². The van der Waals surface area contributed by atoms with Gasteiger partial charge in [0.25, 0.3) is 5.91 Å². The number of amides is 1. The molecule has 0 saturated carbocycles. The summed E-state index contributed by atoms with van der Waals surface area (Å²) in [6.07, 6.45) is 3.94. The zero-order chi connectivity index (χ0) is 24.6. The zero-order valence-electron chi connectivity index (χ0n) is 20.3. The Kier molecular flexibility index (Phi) is 7.93. The van der Waals surface area contributed by atoms with Crippen molar-refractivity contribution in [1.29, 1.82) is 0 Å². The summed E-state index contributed by atoms with van der Waals surface area (Å²) in [4.78, 5) is 15.1. The van der Waals surface area contributed by atoms with Gasteiger partial charge in [-0.05, 0) is 68.3 Å². The average Bonchev–Trinajstić information content (AvgIpc) is 3.59. The Balaban J connectivity index is 1.57. The highest BCUT2D eigenvalue weighted by Crippen LogP contribution is 2.35. The molecule has 0 radical (unpaired) electrons. The highest BCUT2D eigenvalue weighted by Gasteiger charge is 2.25. The third-order valence-corrected chi connectivity index (χ3v) is 5.78. The van der Waals surface area contributed by atoms with Gasteiger partial charge in [-0.25, -0.2) is 0 Å². The number of carbonyl (C=O) groups excluding carboxylic acids is 1. The normalized spacial score (nSPS) is 11.9. The van der Waals surface area contributed by atoms with Crippen molar-refractivity contribution in [3.8, 4) is 11.5 Å². The summed E-state index contributed by atoms with van der Waals surface area (Å²) in [5.74, 6) is 2.51. The van der Waals surface area contributed by atoms with Crippen molar-refractivity contribution in [2.75, 3.05) is 13.7 Å². The molecule has 0 aliphatic carbocycles. The molecule has 0 saturated heterocycles. The van der Waals surface area contributed by atoms with Gasteiger partial charge < -0.3 is 23.2 Å². The lowest BCUT2D eigenvalue weighted by atomic mass is 9.92. The molecule has 2 heterocycles. The number of ether oxygens (including phenoxy) is 2. The molecule has 182 valence electrons. The lowest BCUT2D eigenvalue weighted by molar-refractivity contribution is 0.0706. The summed E-state index contributed by atoms with van der Waals surface area (Å²) >= 11 is 0. The Bertz CT molecular complexity index is 1180. The summed E-state index contributed by atoms with van der Waals surface area (Å²) < 4.78 is 22.6. The standard InChI is InChI=1S/C29H31NO5/c1-21(2)35-23-14-12-22(13-15-23)20-30(29(31)28-11-7-19-34-28)17-16-25(27-10-6-18-33-27)24-8-4-5-9-26(24)32-3/h4-15,18-19,21,25H,16-17,20H2,1-3H3/t25-/m0/s1. The molecule has 2 aromatic heterocycles. The van der Waals surface area contributed by atoms with Crippen LogP contribution in [0.5, 0.6) is 11.5 Å². The van der Waals surface area contributed by atoms with Gasteiger partial charge >= 0.3 is 0 Å². The van der Waals surface area contributed by atoms with Crippen LogP contribution >= 0.6 is 0 Å². The highest BCUT2D eigenvalue weighted by atomic mass is 16.5. The van der Waals surface area contributed by atoms with Gasteiger partial charge in [0.05, 0.1) is 25.7 Å². The van der Waals surface area contributed by atoms with Gasteiger partial charge in [0.1, 0.15) is 17.3 Å². The molecule has 0 bridgehead atoms. The third kappa shape index (κ3) is 6.15. The lowest BCUT2D eigenvalue weighted by Crippen LogP contribution is -2.32. The maximum Gasteiger partial charge on any atom is 0.289 e. The fraction of sp³-hybridized carbons (Fsp3) is 0.276. The molecule has 0 aliphatic rings. The third-order valence-electron chi connectivity index (χ3n) is 5.78. The van der Waals surface area contributed by atoms with Crippen LogP contribution in [-0.2, 0) is 6.54 Å². The first-order valence-corrected chi connectivity index (χ1v) is 11.8. The summed E-state index contributed by atoms with van der Waals surface area (Å²) in [6.45, 7) is 4.93. The predicted molar refractivity (Wildman–Crippen MR) is 134 cm³/mol. The number of methoxy groups -OCH3 is 1. The van der Waals surface area contributed by atoms with E-state index in [0.29, 0.717) is 25.3 Å². The zero-order valence-corrected chi connectivity index (χ0v) is 20.3. The SMILES string of the molecule is COc1ccccc1[C@H](CCN(Cc1ccc(OC(C)C)cc1)C(=O)c1ccco1)c1ccco1. The van der Waals surface area contributed by atoms with Gasteiger partial charge in [-0.15, -0.1) is 0 Å². The number of nitrogens with zero attached hydrogens (tertiary/aromatic N) is 1. The fourth-order valence-corrected chi connectivity index (χ4v) is 4.15. The van der Waals surface area contributed by atoms with Crippen LogP contribution in [-0.4, -0.2) is 30.6 Å². The van der Waals surface area contributed by atoms with Gasteiger partial charge in [-0.3, -0.25) is 4.79 Å². The predicted octanol–water partition coefficient (Wildman–Crippen LogP) is 6.53. The number of rotatable bonds is 11. The number of para-hydroxylation sites is 1. The van der Waals surface area contributed by atoms with E-state index in [-0.39, 0.29) is 17.9 Å². The molecule has 35 heavy (non-hydrogen) atoms. The molecule has 0 unspecified atom stereocenters. The van der Waals surface area contributed by atoms with Gasteiger partial charge in [0, 0.05) is 24.6 Å². The van der Waals surface area contributed by atoms with E-state index in [1.807, 2.05) is 79.4 Å². The number of carbonyl (C=O) groups is 1. The van der Waals surface area contributed by atoms with Gasteiger partial charge in [-0.1, -0.05) is 30.3 Å². The Morgan fingerprint density at radius 1 is 0.914 bits per heavy atom. The van der Waals surface area contributed by atoms with Gasteiger partial charge in [0.15, 0.2) is 5.76 Å². The van der Waals surface area contributed by atoms with Crippen LogP contribution in [0.15, 0.2) is 94.2 Å². The van der Waals surface area contributed by atoms with E-state index < -0.39 is 0 Å². The molecule has 0 N–H and O–H groups in total. The summed E-state index contributed by atoms with van der Waals surface area (Å²) in [6, 6.07) is 23.0. The average molecular weight is 474 g/mol. The Labute approximate surface area is 206 Å². The first-order chi connectivity index (χ1) is 17.0. The van der Waals surface area contributed by atoms with Gasteiger partial charge in [0.2, 0.25) is 0 Å². The molecule has 6 nitrogen and oxygen atoms in total. The van der Waals surface area contributed by atoms with E-state index in [2.05, 4.69) is 0 Å². The van der Waals surface area contributed by atoms with E-state index in [1.54, 1.807) is 25.5 Å². The Morgan fingerprint density at radius 2 is 1.66 bits per heavy atom. The molecule has 0 fully saturated rings. The number of benzene rings is 2. The summed E-state index contributed by atoms with van der Waals surface area (Å²) in [7, 11) is 1.66. The second kappa shape index (κ2) is 11.5. The minimum atomic E-state index is -0.157. The second-order valence-corrected chi connectivity index (χ2v) is 8.61. The molecule has 0 spiro atoms. The summed E-state index contributed by atoms with van der Waals surface area (Å²) in [5.41, 5.74) is 2.03. The highest BCUT2D eigenvalue weighted by molar-refractivity contribution is 5.91. The van der Waals surface area contributed by atoms with E-state index in [0.717, 1.165) is 28.4 Å². The molecule has 2 aromatic carbocycles. The molecule has 6 heteroatoms. The van der Waals surface area contributed by atoms with E-state index in [4.69, 9.17) is 18.3 Å². The van der Waals surface area contributed by atoms with Crippen LogP contribution in [0.3, 0.4) is 0 Å². The molecule has 4 rings (SSSR count). The van der Waals surface area contributed by atoms with Crippen molar-refractivity contribution in [1.82, 2.24) is 4.90 Å². The van der Waals surface area contributed by atoms with Crippen molar-refractivity contribution in [3.63, 3.8) is 0 Å². The maximum absolute atomic E-state index is 13.3. The maximum atomic E-state index is 13.3. The fourth-order valence-electron chi connectivity index (χ4n) is 4.15. The first-order valence-electron chi connectivity index (χ1n) is 11.8. The summed E-state index contributed by atoms with van der Waals surface area (Å²) in [5, 5.41) is 0. The Hall–Kier alpha value is -3.93. The first kappa shape index (κ1) is 24.2. The number of hydrogen-bond donors (Lipinski definition) is 0. The van der Waals surface area contributed by atoms with Crippen molar-refractivity contribution < 1.29 is 23.1 Å². The molecule has 0 aliphatic heterocycles. The molecule has 1 amide bonds. The minimum absolute atomic E-state index is 0.0742. The molecular weight excluding hydrogens is 442 g/mol. The molecule has 1 atom stereocenters. The number of hydrogen-bond acceptors (Lipinski definition) is 5. The quantitative estimate of drug-likeness (QED) is 0.248. The second-order valence-electron chi connectivity index (χ2n) is 8.61. The van der Waals surface area contributed by atoms with E-state index in [1.165, 1.54) is 6.26 Å². The van der Waals surface area contributed by atoms with Crippen molar-refractivity contribution in [2.45, 2.75) is 38.8 Å². The minimum Gasteiger partial charge on any atom is -0.496 e. The number of furan rings is 2. The monoisotopic (exact) mass is 473 g/mol. The van der Waals surface area contributed by atoms with Crippen molar-refractivity contribution in [3.05, 3.63) is 108 Å². The van der Waals surface area contributed by atoms with Crippen LogP contribution < -0.4 is 9.47 Å². The smallest absolute Gasteiger partial charge is 0.289 e. The van der Waals surface area contributed by atoms with Crippen LogP contribution in [0.4, 0.5) is 0 Å². The van der Waals surface area contributed by atoms with Crippen LogP contribution in [0.1, 0.15) is 53.6 Å². The van der Waals surface area contributed by atoms with Crippen LogP contribution in [0.2, 0.25) is 0 Å².